The molecule has 1 aliphatic rings. The number of ether oxygens (including phenoxy) is 1. The van der Waals surface area contributed by atoms with Crippen molar-refractivity contribution in [2.24, 2.45) is 0 Å². The number of anilines is 3. The molecule has 0 aliphatic carbocycles. The summed E-state index contributed by atoms with van der Waals surface area (Å²) < 4.78 is 84.2. The lowest BCUT2D eigenvalue weighted by Crippen LogP contribution is -2.29. The largest absolute Gasteiger partial charge is 0.433 e. The van der Waals surface area contributed by atoms with Gasteiger partial charge in [-0.1, -0.05) is 0 Å². The van der Waals surface area contributed by atoms with Gasteiger partial charge in [0.2, 0.25) is 0 Å². The summed E-state index contributed by atoms with van der Waals surface area (Å²) in [6.07, 6.45) is -6.18. The lowest BCUT2D eigenvalue weighted by atomic mass is 10.1. The van der Waals surface area contributed by atoms with E-state index in [1.807, 2.05) is 0 Å². The third-order valence-corrected chi connectivity index (χ3v) is 5.37. The summed E-state index contributed by atoms with van der Waals surface area (Å²) in [7, 11) is 1.46. The van der Waals surface area contributed by atoms with E-state index in [2.05, 4.69) is 25.3 Å². The normalized spacial score (nSPS) is 14.4. The highest BCUT2D eigenvalue weighted by Crippen LogP contribution is 2.36. The summed E-state index contributed by atoms with van der Waals surface area (Å²) in [5.74, 6) is 0.498. The average Bonchev–Trinajstić information content (AvgIpc) is 3.01. The van der Waals surface area contributed by atoms with E-state index in [1.54, 1.807) is 4.90 Å². The minimum absolute atomic E-state index is 0.0788. The maximum absolute atomic E-state index is 13.5. The van der Waals surface area contributed by atoms with Gasteiger partial charge in [-0.15, -0.1) is 0 Å². The second-order valence-electron chi connectivity index (χ2n) is 7.76. The Labute approximate surface area is 196 Å². The fourth-order valence-corrected chi connectivity index (χ4v) is 3.80. The molecule has 0 fully saturated rings. The monoisotopic (exact) mass is 498 g/mol. The third kappa shape index (κ3) is 5.61. The number of aromatic nitrogens is 4. The molecule has 0 saturated heterocycles. The Morgan fingerprint density at radius 2 is 1.74 bits per heavy atom. The van der Waals surface area contributed by atoms with Crippen LogP contribution >= 0.6 is 0 Å². The van der Waals surface area contributed by atoms with E-state index in [0.717, 1.165) is 18.3 Å². The molecule has 0 saturated carbocycles. The molecule has 0 unspecified atom stereocenters. The van der Waals surface area contributed by atoms with Crippen LogP contribution in [0.25, 0.3) is 0 Å². The molecule has 35 heavy (non-hydrogen) atoms. The highest BCUT2D eigenvalue weighted by Gasteiger charge is 2.36. The lowest BCUT2D eigenvalue weighted by molar-refractivity contribution is -0.141. The Morgan fingerprint density at radius 3 is 2.40 bits per heavy atom. The number of nitrogens with zero attached hydrogens (tertiary/aromatic N) is 5. The van der Waals surface area contributed by atoms with Crippen molar-refractivity contribution in [3.05, 3.63) is 65.0 Å². The highest BCUT2D eigenvalue weighted by atomic mass is 19.4. The smallest absolute Gasteiger partial charge is 0.377 e. The second kappa shape index (κ2) is 9.64. The molecule has 0 amide bonds. The van der Waals surface area contributed by atoms with Gasteiger partial charge >= 0.3 is 12.4 Å². The minimum Gasteiger partial charge on any atom is -0.377 e. The number of hydrogen-bond acceptors (Lipinski definition) is 7. The van der Waals surface area contributed by atoms with Crippen molar-refractivity contribution in [3.8, 4) is 0 Å². The second-order valence-corrected chi connectivity index (χ2v) is 7.76. The van der Waals surface area contributed by atoms with E-state index in [0.29, 0.717) is 29.3 Å². The van der Waals surface area contributed by atoms with Crippen molar-refractivity contribution in [2.75, 3.05) is 30.4 Å². The zero-order chi connectivity index (χ0) is 25.2. The number of hydrogen-bond donors (Lipinski definition) is 1. The first-order valence-electron chi connectivity index (χ1n) is 10.5. The van der Waals surface area contributed by atoms with E-state index < -0.39 is 23.6 Å². The Morgan fingerprint density at radius 1 is 0.971 bits per heavy atom. The molecule has 1 N–H and O–H groups in total. The number of pyridine rings is 2. The topological polar surface area (TPSA) is 76.1 Å². The Hall–Kier alpha value is -3.48. The van der Waals surface area contributed by atoms with Crippen molar-refractivity contribution in [3.63, 3.8) is 0 Å². The van der Waals surface area contributed by atoms with Gasteiger partial charge in [0.15, 0.2) is 5.82 Å². The van der Waals surface area contributed by atoms with Gasteiger partial charge in [0.05, 0.1) is 23.1 Å². The van der Waals surface area contributed by atoms with Gasteiger partial charge in [0.25, 0.3) is 0 Å². The standard InChI is InChI=1S/C22H20F6N6O/c1-35-12-18-32-16-7-10-34(20-15(21(23,24)25)3-2-8-29-20)9-6-14(16)19(33-18)31-13-4-5-17(30-11-13)22(26,27)28/h2-5,8,11H,6-7,9-10,12H2,1H3,(H,31,32,33). The molecule has 1 aliphatic heterocycles. The maximum atomic E-state index is 13.5. The molecule has 0 bridgehead atoms. The van der Waals surface area contributed by atoms with Gasteiger partial charge in [-0.25, -0.2) is 19.9 Å². The molecular formula is C22H20F6N6O. The van der Waals surface area contributed by atoms with Gasteiger partial charge in [-0.2, -0.15) is 26.3 Å². The zero-order valence-corrected chi connectivity index (χ0v) is 18.4. The number of fused-ring (bicyclic) bond motifs is 1. The number of methoxy groups -OCH3 is 1. The minimum atomic E-state index is -4.57. The first kappa shape index (κ1) is 24.6. The van der Waals surface area contributed by atoms with Crippen LogP contribution in [0.1, 0.15) is 28.3 Å². The molecule has 4 rings (SSSR count). The molecule has 3 aromatic heterocycles. The zero-order valence-electron chi connectivity index (χ0n) is 18.4. The number of alkyl halides is 6. The van der Waals surface area contributed by atoms with E-state index in [-0.39, 0.29) is 37.6 Å². The van der Waals surface area contributed by atoms with Crippen LogP contribution in [0.4, 0.5) is 43.7 Å². The van der Waals surface area contributed by atoms with Crippen LogP contribution in [0.15, 0.2) is 36.7 Å². The highest BCUT2D eigenvalue weighted by molar-refractivity contribution is 5.60. The van der Waals surface area contributed by atoms with E-state index in [9.17, 15) is 26.3 Å². The number of nitrogens with one attached hydrogen (secondary N) is 1. The van der Waals surface area contributed by atoms with Gasteiger partial charge in [-0.05, 0) is 30.7 Å². The van der Waals surface area contributed by atoms with Crippen LogP contribution in [-0.4, -0.2) is 40.1 Å². The summed E-state index contributed by atoms with van der Waals surface area (Å²) in [4.78, 5) is 17.9. The van der Waals surface area contributed by atoms with E-state index in [1.165, 1.54) is 25.4 Å². The molecule has 7 nitrogen and oxygen atoms in total. The molecular weight excluding hydrogens is 478 g/mol. The van der Waals surface area contributed by atoms with Crippen molar-refractivity contribution >= 4 is 17.3 Å². The van der Waals surface area contributed by atoms with Crippen LogP contribution in [0.3, 0.4) is 0 Å². The maximum Gasteiger partial charge on any atom is 0.433 e. The lowest BCUT2D eigenvalue weighted by Gasteiger charge is -2.24. The number of halogens is 6. The van der Waals surface area contributed by atoms with Crippen LogP contribution in [0.5, 0.6) is 0 Å². The summed E-state index contributed by atoms with van der Waals surface area (Å²) in [5.41, 5.74) is -0.326. The summed E-state index contributed by atoms with van der Waals surface area (Å²) in [6.45, 7) is 0.521. The molecule has 3 aromatic rings. The van der Waals surface area contributed by atoms with Crippen molar-refractivity contribution in [2.45, 2.75) is 31.8 Å². The van der Waals surface area contributed by atoms with Crippen molar-refractivity contribution in [1.82, 2.24) is 19.9 Å². The molecule has 186 valence electrons. The fraction of sp³-hybridized carbons (Fsp3) is 0.364. The summed E-state index contributed by atoms with van der Waals surface area (Å²) in [6, 6.07) is 4.30. The average molecular weight is 498 g/mol. The van der Waals surface area contributed by atoms with Gasteiger partial charge in [0, 0.05) is 38.4 Å². The van der Waals surface area contributed by atoms with Crippen LogP contribution in [-0.2, 0) is 36.5 Å². The van der Waals surface area contributed by atoms with Gasteiger partial charge < -0.3 is 15.0 Å². The molecule has 4 heterocycles. The summed E-state index contributed by atoms with van der Waals surface area (Å²) >= 11 is 0. The number of rotatable bonds is 5. The first-order valence-corrected chi connectivity index (χ1v) is 10.5. The molecule has 13 heteroatoms. The van der Waals surface area contributed by atoms with Crippen LogP contribution in [0.2, 0.25) is 0 Å². The third-order valence-electron chi connectivity index (χ3n) is 5.37. The summed E-state index contributed by atoms with van der Waals surface area (Å²) in [5, 5.41) is 2.98. The Kier molecular flexibility index (Phi) is 6.79. The first-order chi connectivity index (χ1) is 16.6. The molecule has 0 radical (unpaired) electrons. The van der Waals surface area contributed by atoms with Crippen LogP contribution in [0, 0.1) is 0 Å². The van der Waals surface area contributed by atoms with E-state index in [4.69, 9.17) is 4.74 Å². The molecule has 0 aromatic carbocycles. The van der Waals surface area contributed by atoms with Gasteiger partial charge in [0.1, 0.15) is 23.9 Å². The Balaban J connectivity index is 1.64. The van der Waals surface area contributed by atoms with E-state index >= 15 is 0 Å². The predicted molar refractivity (Wildman–Crippen MR) is 114 cm³/mol. The molecule has 0 atom stereocenters. The van der Waals surface area contributed by atoms with Crippen molar-refractivity contribution in [1.29, 1.82) is 0 Å². The quantitative estimate of drug-likeness (QED) is 0.507. The SMILES string of the molecule is COCc1nc2c(c(Nc3ccc(C(F)(F)F)nc3)n1)CCN(c1ncccc1C(F)(F)F)CC2. The fourth-order valence-electron chi connectivity index (χ4n) is 3.80. The molecule has 0 spiro atoms. The van der Waals surface area contributed by atoms with Crippen LogP contribution < -0.4 is 10.2 Å². The predicted octanol–water partition coefficient (Wildman–Crippen LogP) is 4.80. The van der Waals surface area contributed by atoms with Gasteiger partial charge in [-0.3, -0.25) is 0 Å². The van der Waals surface area contributed by atoms with Crippen molar-refractivity contribution < 1.29 is 31.1 Å². The Bertz CT molecular complexity index is 1180.